The van der Waals surface area contributed by atoms with Gasteiger partial charge in [0.05, 0.1) is 7.11 Å². The average Bonchev–Trinajstić information content (AvgIpc) is 2.39. The Labute approximate surface area is 109 Å². The van der Waals surface area contributed by atoms with E-state index in [1.54, 1.807) is 0 Å². The fourth-order valence-electron chi connectivity index (χ4n) is 1.51. The smallest absolute Gasteiger partial charge is 0.222 e. The number of hydrogen-bond donors (Lipinski definition) is 0. The summed E-state index contributed by atoms with van der Waals surface area (Å²) >= 11 is 0. The van der Waals surface area contributed by atoms with Crippen molar-refractivity contribution in [2.45, 2.75) is 0 Å². The molecule has 0 saturated carbocycles. The van der Waals surface area contributed by atoms with E-state index in [2.05, 4.69) is 11.6 Å². The maximum atomic E-state index is 13.6. The zero-order valence-corrected chi connectivity index (χ0v) is 10.2. The molecule has 0 N–H and O–H groups in total. The lowest BCUT2D eigenvalue weighted by Crippen LogP contribution is -1.95. The summed E-state index contributed by atoms with van der Waals surface area (Å²) < 4.78 is 37.0. The third kappa shape index (κ3) is 2.88. The molecule has 1 aromatic carbocycles. The number of halogens is 2. The maximum Gasteiger partial charge on any atom is 0.222 e. The van der Waals surface area contributed by atoms with Gasteiger partial charge in [-0.3, -0.25) is 0 Å². The molecule has 5 heteroatoms. The van der Waals surface area contributed by atoms with Crippen LogP contribution in [0.5, 0.6) is 17.4 Å². The van der Waals surface area contributed by atoms with E-state index in [0.29, 0.717) is 5.75 Å². The Morgan fingerprint density at radius 2 is 2.00 bits per heavy atom. The van der Waals surface area contributed by atoms with Gasteiger partial charge in [-0.05, 0) is 12.1 Å². The van der Waals surface area contributed by atoms with Crippen molar-refractivity contribution in [2.75, 3.05) is 7.11 Å². The molecule has 0 aliphatic carbocycles. The summed E-state index contributed by atoms with van der Waals surface area (Å²) in [6.45, 7) is 3.49. The normalized spacial score (nSPS) is 10.1. The average molecular weight is 263 g/mol. The predicted molar refractivity (Wildman–Crippen MR) is 67.3 cm³/mol. The fraction of sp³-hybridized carbons (Fsp3) is 0.0714. The van der Waals surface area contributed by atoms with Crippen molar-refractivity contribution in [3.8, 4) is 17.4 Å². The molecule has 0 atom stereocenters. The van der Waals surface area contributed by atoms with Crippen LogP contribution in [0.3, 0.4) is 0 Å². The highest BCUT2D eigenvalue weighted by Crippen LogP contribution is 2.33. The second-order valence-electron chi connectivity index (χ2n) is 3.63. The predicted octanol–water partition coefficient (Wildman–Crippen LogP) is 3.80. The Bertz CT molecular complexity index is 614. The minimum Gasteiger partial charge on any atom is -0.493 e. The monoisotopic (exact) mass is 263 g/mol. The maximum absolute atomic E-state index is 13.6. The van der Waals surface area contributed by atoms with Gasteiger partial charge in [-0.15, -0.1) is 0 Å². The van der Waals surface area contributed by atoms with Crippen molar-refractivity contribution in [3.63, 3.8) is 0 Å². The van der Waals surface area contributed by atoms with Gasteiger partial charge in [0, 0.05) is 17.7 Å². The van der Waals surface area contributed by atoms with E-state index in [4.69, 9.17) is 9.47 Å². The summed E-state index contributed by atoms with van der Waals surface area (Å²) in [6.07, 6.45) is 1.36. The van der Waals surface area contributed by atoms with E-state index in [1.165, 1.54) is 37.5 Å². The van der Waals surface area contributed by atoms with Crippen molar-refractivity contribution >= 4 is 6.08 Å². The van der Waals surface area contributed by atoms with Crippen molar-refractivity contribution in [1.82, 2.24) is 4.98 Å². The molecule has 2 rings (SSSR count). The lowest BCUT2D eigenvalue weighted by atomic mass is 10.2. The van der Waals surface area contributed by atoms with Gasteiger partial charge in [0.25, 0.3) is 0 Å². The third-order valence-corrected chi connectivity index (χ3v) is 2.41. The molecule has 0 spiro atoms. The first kappa shape index (κ1) is 13.0. The first-order valence-corrected chi connectivity index (χ1v) is 5.44. The van der Waals surface area contributed by atoms with Gasteiger partial charge in [-0.1, -0.05) is 18.7 Å². The van der Waals surface area contributed by atoms with Crippen LogP contribution in [0, 0.1) is 11.8 Å². The molecular formula is C14H11F2NO2. The molecule has 98 valence electrons. The first-order chi connectivity index (χ1) is 9.13. The minimum absolute atomic E-state index is 0.0176. The van der Waals surface area contributed by atoms with E-state index in [-0.39, 0.29) is 17.2 Å². The highest BCUT2D eigenvalue weighted by atomic mass is 19.1. The quantitative estimate of drug-likeness (QED) is 0.786. The summed E-state index contributed by atoms with van der Waals surface area (Å²) in [6, 6.07) is 6.67. The van der Waals surface area contributed by atoms with E-state index >= 15 is 0 Å². The van der Waals surface area contributed by atoms with Gasteiger partial charge in [-0.2, -0.15) is 9.37 Å². The molecule has 0 unspecified atom stereocenters. The van der Waals surface area contributed by atoms with Crippen LogP contribution in [-0.4, -0.2) is 12.1 Å². The van der Waals surface area contributed by atoms with Gasteiger partial charge in [0.1, 0.15) is 5.82 Å². The summed E-state index contributed by atoms with van der Waals surface area (Å²) in [5.74, 6) is -0.753. The largest absolute Gasteiger partial charge is 0.493 e. The molecule has 0 bridgehead atoms. The van der Waals surface area contributed by atoms with Crippen molar-refractivity contribution in [3.05, 3.63) is 54.2 Å². The fourth-order valence-corrected chi connectivity index (χ4v) is 1.51. The number of pyridine rings is 1. The number of benzene rings is 1. The minimum atomic E-state index is -0.681. The van der Waals surface area contributed by atoms with E-state index in [1.807, 2.05) is 0 Å². The SMILES string of the molecule is C=Cc1cc(OC)c(Oc2cccc(F)n2)cc1F. The van der Waals surface area contributed by atoms with Crippen LogP contribution in [0.4, 0.5) is 8.78 Å². The number of methoxy groups -OCH3 is 1. The Balaban J connectivity index is 2.39. The summed E-state index contributed by atoms with van der Waals surface area (Å²) in [5.41, 5.74) is 0.288. The second-order valence-corrected chi connectivity index (χ2v) is 3.63. The standard InChI is InChI=1S/C14H11F2NO2/c1-3-9-7-11(18-2)12(8-10(9)15)19-14-6-4-5-13(16)17-14/h3-8H,1H2,2H3. The van der Waals surface area contributed by atoms with Crippen LogP contribution in [0.1, 0.15) is 5.56 Å². The molecule has 2 aromatic rings. The summed E-state index contributed by atoms with van der Waals surface area (Å²) in [4.78, 5) is 3.53. The van der Waals surface area contributed by atoms with E-state index in [0.717, 1.165) is 6.07 Å². The highest BCUT2D eigenvalue weighted by Gasteiger charge is 2.11. The molecule has 0 radical (unpaired) electrons. The lowest BCUT2D eigenvalue weighted by molar-refractivity contribution is 0.368. The van der Waals surface area contributed by atoms with Crippen LogP contribution >= 0.6 is 0 Å². The number of ether oxygens (including phenoxy) is 2. The van der Waals surface area contributed by atoms with Crippen molar-refractivity contribution in [1.29, 1.82) is 0 Å². The number of nitrogens with zero attached hydrogens (tertiary/aromatic N) is 1. The zero-order chi connectivity index (χ0) is 13.8. The highest BCUT2D eigenvalue weighted by molar-refractivity contribution is 5.55. The Kier molecular flexibility index (Phi) is 3.75. The van der Waals surface area contributed by atoms with Crippen LogP contribution in [0.25, 0.3) is 6.08 Å². The zero-order valence-electron chi connectivity index (χ0n) is 10.2. The number of aromatic nitrogens is 1. The lowest BCUT2D eigenvalue weighted by Gasteiger charge is -2.11. The van der Waals surface area contributed by atoms with Crippen molar-refractivity contribution < 1.29 is 18.3 Å². The summed E-state index contributed by atoms with van der Waals surface area (Å²) in [5, 5.41) is 0. The van der Waals surface area contributed by atoms with Crippen LogP contribution in [0.15, 0.2) is 36.9 Å². The van der Waals surface area contributed by atoms with Gasteiger partial charge >= 0.3 is 0 Å². The molecule has 3 nitrogen and oxygen atoms in total. The van der Waals surface area contributed by atoms with Crippen LogP contribution in [0.2, 0.25) is 0 Å². The molecule has 0 fully saturated rings. The van der Waals surface area contributed by atoms with Crippen molar-refractivity contribution in [2.24, 2.45) is 0 Å². The molecule has 0 aliphatic rings. The molecule has 0 amide bonds. The van der Waals surface area contributed by atoms with Gasteiger partial charge in [0.15, 0.2) is 11.5 Å². The van der Waals surface area contributed by atoms with E-state index < -0.39 is 11.8 Å². The first-order valence-electron chi connectivity index (χ1n) is 5.44. The Morgan fingerprint density at radius 3 is 2.63 bits per heavy atom. The van der Waals surface area contributed by atoms with Gasteiger partial charge < -0.3 is 9.47 Å². The summed E-state index contributed by atoms with van der Waals surface area (Å²) in [7, 11) is 1.42. The molecule has 1 aromatic heterocycles. The number of hydrogen-bond acceptors (Lipinski definition) is 3. The molecule has 19 heavy (non-hydrogen) atoms. The Morgan fingerprint density at radius 1 is 1.21 bits per heavy atom. The van der Waals surface area contributed by atoms with Crippen LogP contribution < -0.4 is 9.47 Å². The molecule has 0 saturated heterocycles. The Hall–Kier alpha value is -2.43. The molecular weight excluding hydrogens is 252 g/mol. The number of rotatable bonds is 4. The van der Waals surface area contributed by atoms with Gasteiger partial charge in [-0.25, -0.2) is 4.39 Å². The van der Waals surface area contributed by atoms with Gasteiger partial charge in [0.2, 0.25) is 11.8 Å². The molecule has 0 aliphatic heterocycles. The van der Waals surface area contributed by atoms with Crippen LogP contribution in [-0.2, 0) is 0 Å². The van der Waals surface area contributed by atoms with E-state index in [9.17, 15) is 8.78 Å². The molecule has 1 heterocycles. The third-order valence-electron chi connectivity index (χ3n) is 2.41. The second kappa shape index (κ2) is 5.48. The topological polar surface area (TPSA) is 31.4 Å².